The van der Waals surface area contributed by atoms with E-state index in [0.29, 0.717) is 34.9 Å². The van der Waals surface area contributed by atoms with Gasteiger partial charge in [-0.05, 0) is 31.0 Å². The van der Waals surface area contributed by atoms with Gasteiger partial charge in [0.15, 0.2) is 11.5 Å². The van der Waals surface area contributed by atoms with Crippen molar-refractivity contribution < 1.29 is 18.9 Å². The van der Waals surface area contributed by atoms with Crippen LogP contribution in [0.1, 0.15) is 29.2 Å². The molecule has 0 aliphatic carbocycles. The molecule has 2 aliphatic heterocycles. The molecule has 34 heavy (non-hydrogen) atoms. The molecule has 0 unspecified atom stereocenters. The van der Waals surface area contributed by atoms with Crippen LogP contribution in [0, 0.1) is 18.3 Å². The topological polar surface area (TPSA) is 112 Å². The number of nitrogens with zero attached hydrogens (tertiary/aromatic N) is 3. The molecular weight excluding hydrogens is 436 g/mol. The molecule has 0 amide bonds. The van der Waals surface area contributed by atoms with Gasteiger partial charge in [0.2, 0.25) is 5.88 Å². The second-order valence-corrected chi connectivity index (χ2v) is 8.37. The predicted octanol–water partition coefficient (Wildman–Crippen LogP) is 2.11. The Balaban J connectivity index is 1.73. The fraction of sp³-hybridized carbons (Fsp3) is 0.440. The van der Waals surface area contributed by atoms with E-state index in [1.165, 1.54) is 0 Å². The standard InChI is InChI=1S/C25H30N4O5/c1-16-13-21-23(25(30)29(16)8-4-7-28-9-11-33-12-10-28)22(18(15-26)24(27)34-21)17-5-6-19(31-2)20(14-17)32-3/h5-6,13-14,22H,4,7-12,27H2,1-3H3/t22-/m0/s1. The van der Waals surface area contributed by atoms with E-state index in [1.807, 2.05) is 19.1 Å². The summed E-state index contributed by atoms with van der Waals surface area (Å²) in [6.45, 7) is 6.63. The number of nitrogens with two attached hydrogens (primary N) is 1. The minimum Gasteiger partial charge on any atom is -0.493 e. The van der Waals surface area contributed by atoms with E-state index in [4.69, 9.17) is 24.7 Å². The summed E-state index contributed by atoms with van der Waals surface area (Å²) in [6.07, 6.45) is 0.824. The molecule has 2 aromatic rings. The highest BCUT2D eigenvalue weighted by atomic mass is 16.5. The highest BCUT2D eigenvalue weighted by Crippen LogP contribution is 2.42. The lowest BCUT2D eigenvalue weighted by atomic mass is 9.84. The maximum absolute atomic E-state index is 13.8. The third-order valence-electron chi connectivity index (χ3n) is 6.39. The monoisotopic (exact) mass is 466 g/mol. The van der Waals surface area contributed by atoms with Gasteiger partial charge in [-0.1, -0.05) is 6.07 Å². The summed E-state index contributed by atoms with van der Waals surface area (Å²) in [7, 11) is 3.10. The van der Waals surface area contributed by atoms with Crippen molar-refractivity contribution in [1.29, 1.82) is 5.26 Å². The third kappa shape index (κ3) is 4.47. The van der Waals surface area contributed by atoms with Gasteiger partial charge in [-0.2, -0.15) is 5.26 Å². The summed E-state index contributed by atoms with van der Waals surface area (Å²) in [6, 6.07) is 9.30. The van der Waals surface area contributed by atoms with Gasteiger partial charge >= 0.3 is 0 Å². The quantitative estimate of drug-likeness (QED) is 0.660. The number of fused-ring (bicyclic) bond motifs is 1. The first-order valence-electron chi connectivity index (χ1n) is 11.3. The number of aromatic nitrogens is 1. The number of pyridine rings is 1. The van der Waals surface area contributed by atoms with Gasteiger partial charge in [0.25, 0.3) is 5.56 Å². The number of aryl methyl sites for hydroxylation is 1. The molecule has 0 radical (unpaired) electrons. The van der Waals surface area contributed by atoms with E-state index in [2.05, 4.69) is 11.0 Å². The van der Waals surface area contributed by atoms with E-state index in [1.54, 1.807) is 30.9 Å². The number of hydrogen-bond donors (Lipinski definition) is 1. The number of rotatable bonds is 7. The maximum Gasteiger partial charge on any atom is 0.258 e. The van der Waals surface area contributed by atoms with E-state index in [9.17, 15) is 10.1 Å². The predicted molar refractivity (Wildman–Crippen MR) is 126 cm³/mol. The second-order valence-electron chi connectivity index (χ2n) is 8.37. The van der Waals surface area contributed by atoms with Crippen molar-refractivity contribution >= 4 is 0 Å². The van der Waals surface area contributed by atoms with Crippen molar-refractivity contribution in [2.24, 2.45) is 5.73 Å². The van der Waals surface area contributed by atoms with Gasteiger partial charge in [0.1, 0.15) is 17.4 Å². The largest absolute Gasteiger partial charge is 0.493 e. The Morgan fingerprint density at radius 2 is 1.88 bits per heavy atom. The molecule has 0 saturated carbocycles. The van der Waals surface area contributed by atoms with Crippen LogP contribution < -0.4 is 25.5 Å². The van der Waals surface area contributed by atoms with Crippen LogP contribution in [-0.2, 0) is 11.3 Å². The third-order valence-corrected chi connectivity index (χ3v) is 6.39. The SMILES string of the molecule is COc1ccc([C@H]2C(C#N)=C(N)Oc3cc(C)n(CCCN4CCOCC4)c(=O)c32)cc1OC. The van der Waals surface area contributed by atoms with Gasteiger partial charge in [0, 0.05) is 37.9 Å². The van der Waals surface area contributed by atoms with Crippen LogP contribution in [0.25, 0.3) is 0 Å². The van der Waals surface area contributed by atoms with Crippen LogP contribution >= 0.6 is 0 Å². The van der Waals surface area contributed by atoms with Crippen LogP contribution in [0.4, 0.5) is 0 Å². The molecule has 1 aromatic carbocycles. The van der Waals surface area contributed by atoms with E-state index >= 15 is 0 Å². The molecule has 0 spiro atoms. The number of benzene rings is 1. The minimum atomic E-state index is -0.674. The average molecular weight is 467 g/mol. The van der Waals surface area contributed by atoms with Crippen molar-refractivity contribution in [2.45, 2.75) is 25.8 Å². The molecule has 1 saturated heterocycles. The van der Waals surface area contributed by atoms with Gasteiger partial charge in [-0.25, -0.2) is 0 Å². The highest BCUT2D eigenvalue weighted by molar-refractivity contribution is 5.57. The fourth-order valence-electron chi connectivity index (χ4n) is 4.61. The van der Waals surface area contributed by atoms with Gasteiger partial charge < -0.3 is 29.2 Å². The average Bonchev–Trinajstić information content (AvgIpc) is 2.85. The summed E-state index contributed by atoms with van der Waals surface area (Å²) in [5.74, 6) is 0.759. The van der Waals surface area contributed by atoms with Crippen LogP contribution in [0.15, 0.2) is 40.5 Å². The zero-order chi connectivity index (χ0) is 24.2. The molecule has 9 heteroatoms. The van der Waals surface area contributed by atoms with Gasteiger partial charge in [-0.3, -0.25) is 9.69 Å². The Bertz CT molecular complexity index is 1190. The van der Waals surface area contributed by atoms with Crippen molar-refractivity contribution in [1.82, 2.24) is 9.47 Å². The van der Waals surface area contributed by atoms with Crippen molar-refractivity contribution in [2.75, 3.05) is 47.1 Å². The summed E-state index contributed by atoms with van der Waals surface area (Å²) < 4.78 is 23.7. The highest BCUT2D eigenvalue weighted by Gasteiger charge is 2.34. The molecular formula is C25H30N4O5. The Labute approximate surface area is 198 Å². The summed E-state index contributed by atoms with van der Waals surface area (Å²) in [5.41, 5.74) is 8.00. The Hall–Kier alpha value is -3.48. The first-order chi connectivity index (χ1) is 16.5. The number of ether oxygens (including phenoxy) is 4. The number of nitriles is 1. The van der Waals surface area contributed by atoms with Crippen LogP contribution in [0.5, 0.6) is 17.2 Å². The zero-order valence-electron chi connectivity index (χ0n) is 19.8. The molecule has 1 aromatic heterocycles. The van der Waals surface area contributed by atoms with Crippen molar-refractivity contribution in [3.8, 4) is 23.3 Å². The van der Waals surface area contributed by atoms with Crippen LogP contribution in [-0.4, -0.2) is 56.5 Å². The normalized spacial score (nSPS) is 18.1. The zero-order valence-corrected chi connectivity index (χ0v) is 19.8. The molecule has 1 atom stereocenters. The molecule has 2 N–H and O–H groups in total. The van der Waals surface area contributed by atoms with Crippen LogP contribution in [0.3, 0.4) is 0 Å². The molecule has 4 rings (SSSR count). The lowest BCUT2D eigenvalue weighted by Gasteiger charge is -2.28. The Kier molecular flexibility index (Phi) is 7.10. The first kappa shape index (κ1) is 23.7. The van der Waals surface area contributed by atoms with Crippen molar-refractivity contribution in [3.63, 3.8) is 0 Å². The lowest BCUT2D eigenvalue weighted by Crippen LogP contribution is -2.38. The number of hydrogen-bond acceptors (Lipinski definition) is 8. The first-order valence-corrected chi connectivity index (χ1v) is 11.3. The minimum absolute atomic E-state index is 0.00125. The molecule has 2 aliphatic rings. The molecule has 180 valence electrons. The summed E-state index contributed by atoms with van der Waals surface area (Å²) in [5, 5.41) is 9.90. The van der Waals surface area contributed by atoms with E-state index < -0.39 is 5.92 Å². The molecule has 3 heterocycles. The molecule has 9 nitrogen and oxygen atoms in total. The lowest BCUT2D eigenvalue weighted by molar-refractivity contribution is 0.0369. The molecule has 1 fully saturated rings. The maximum atomic E-state index is 13.8. The Morgan fingerprint density at radius 1 is 1.15 bits per heavy atom. The smallest absolute Gasteiger partial charge is 0.258 e. The number of methoxy groups -OCH3 is 2. The van der Waals surface area contributed by atoms with Crippen LogP contribution in [0.2, 0.25) is 0 Å². The summed E-state index contributed by atoms with van der Waals surface area (Å²) >= 11 is 0. The van der Waals surface area contributed by atoms with Gasteiger partial charge in [0.05, 0.1) is 38.9 Å². The van der Waals surface area contributed by atoms with E-state index in [-0.39, 0.29) is 17.0 Å². The Morgan fingerprint density at radius 3 is 2.56 bits per heavy atom. The number of allylic oxidation sites excluding steroid dienone is 1. The van der Waals surface area contributed by atoms with Crippen molar-refractivity contribution in [3.05, 3.63) is 62.9 Å². The second kappa shape index (κ2) is 10.2. The fourth-order valence-corrected chi connectivity index (χ4v) is 4.61. The summed E-state index contributed by atoms with van der Waals surface area (Å²) in [4.78, 5) is 16.1. The molecule has 0 bridgehead atoms. The number of morpholine rings is 1. The van der Waals surface area contributed by atoms with Gasteiger partial charge in [-0.15, -0.1) is 0 Å². The van der Waals surface area contributed by atoms with E-state index in [0.717, 1.165) is 45.0 Å².